The van der Waals surface area contributed by atoms with Gasteiger partial charge in [0.2, 0.25) is 0 Å². The number of carbonyl (C=O) groups is 3. The zero-order valence-electron chi connectivity index (χ0n) is 12.9. The van der Waals surface area contributed by atoms with E-state index in [1.54, 1.807) is 48.5 Å². The number of ketones is 2. The molecule has 0 saturated heterocycles. The lowest BCUT2D eigenvalue weighted by Crippen LogP contribution is -2.18. The summed E-state index contributed by atoms with van der Waals surface area (Å²) in [5, 5.41) is 0. The Morgan fingerprint density at radius 1 is 1.00 bits per heavy atom. The SMILES string of the molecule is COC(=O)C(=O)c1ccccc1COc1cccc(C(C)=O)c1. The molecule has 0 atom stereocenters. The summed E-state index contributed by atoms with van der Waals surface area (Å²) in [5.74, 6) is -1.19. The van der Waals surface area contributed by atoms with Gasteiger partial charge < -0.3 is 9.47 Å². The molecule has 23 heavy (non-hydrogen) atoms. The largest absolute Gasteiger partial charge is 0.489 e. The van der Waals surface area contributed by atoms with Gasteiger partial charge in [-0.05, 0) is 19.1 Å². The first-order valence-electron chi connectivity index (χ1n) is 6.97. The molecule has 5 nitrogen and oxygen atoms in total. The average molecular weight is 312 g/mol. The molecule has 0 unspecified atom stereocenters. The summed E-state index contributed by atoms with van der Waals surface area (Å²) in [7, 11) is 1.16. The molecule has 0 aliphatic carbocycles. The van der Waals surface area contributed by atoms with E-state index < -0.39 is 11.8 Å². The van der Waals surface area contributed by atoms with Crippen LogP contribution in [0, 0.1) is 0 Å². The van der Waals surface area contributed by atoms with Crippen molar-refractivity contribution in [3.63, 3.8) is 0 Å². The van der Waals surface area contributed by atoms with Crippen LogP contribution in [0.3, 0.4) is 0 Å². The van der Waals surface area contributed by atoms with E-state index in [-0.39, 0.29) is 18.0 Å². The van der Waals surface area contributed by atoms with E-state index in [0.717, 1.165) is 7.11 Å². The van der Waals surface area contributed by atoms with Crippen LogP contribution in [0.5, 0.6) is 5.75 Å². The molecule has 0 saturated carbocycles. The van der Waals surface area contributed by atoms with Gasteiger partial charge in [0.05, 0.1) is 7.11 Å². The molecular weight excluding hydrogens is 296 g/mol. The zero-order valence-corrected chi connectivity index (χ0v) is 12.9. The molecule has 2 aromatic carbocycles. The number of rotatable bonds is 6. The minimum atomic E-state index is -0.920. The molecule has 0 N–H and O–H groups in total. The fourth-order valence-corrected chi connectivity index (χ4v) is 2.04. The Hall–Kier alpha value is -2.95. The van der Waals surface area contributed by atoms with Crippen LogP contribution in [0.15, 0.2) is 48.5 Å². The van der Waals surface area contributed by atoms with Crippen molar-refractivity contribution in [2.75, 3.05) is 7.11 Å². The summed E-state index contributed by atoms with van der Waals surface area (Å²) in [5.41, 5.74) is 1.35. The number of hydrogen-bond acceptors (Lipinski definition) is 5. The number of esters is 1. The van der Waals surface area contributed by atoms with Gasteiger partial charge in [0.15, 0.2) is 5.78 Å². The molecule has 0 aliphatic heterocycles. The van der Waals surface area contributed by atoms with Crippen LogP contribution in [0.1, 0.15) is 33.2 Å². The van der Waals surface area contributed by atoms with Crippen molar-refractivity contribution in [1.29, 1.82) is 0 Å². The fourth-order valence-electron chi connectivity index (χ4n) is 2.04. The minimum absolute atomic E-state index is 0.0586. The van der Waals surface area contributed by atoms with Gasteiger partial charge in [-0.1, -0.05) is 36.4 Å². The molecule has 0 bridgehead atoms. The Morgan fingerprint density at radius 2 is 1.74 bits per heavy atom. The van der Waals surface area contributed by atoms with E-state index in [2.05, 4.69) is 4.74 Å². The van der Waals surface area contributed by atoms with Crippen LogP contribution in [-0.2, 0) is 16.1 Å². The lowest BCUT2D eigenvalue weighted by molar-refractivity contribution is -0.135. The van der Waals surface area contributed by atoms with Gasteiger partial charge in [-0.3, -0.25) is 9.59 Å². The molecule has 0 aromatic heterocycles. The molecule has 0 heterocycles. The van der Waals surface area contributed by atoms with E-state index in [9.17, 15) is 14.4 Å². The van der Waals surface area contributed by atoms with Crippen LogP contribution < -0.4 is 4.74 Å². The number of hydrogen-bond donors (Lipinski definition) is 0. The Kier molecular flexibility index (Phi) is 5.25. The van der Waals surface area contributed by atoms with Crippen molar-refractivity contribution in [3.8, 4) is 5.75 Å². The van der Waals surface area contributed by atoms with Crippen LogP contribution in [0.25, 0.3) is 0 Å². The van der Waals surface area contributed by atoms with Crippen molar-refractivity contribution in [2.45, 2.75) is 13.5 Å². The predicted octanol–water partition coefficient (Wildman–Crippen LogP) is 2.82. The Labute approximate surface area is 133 Å². The zero-order chi connectivity index (χ0) is 16.8. The number of methoxy groups -OCH3 is 1. The maximum atomic E-state index is 12.0. The normalized spacial score (nSPS) is 10.0. The Bertz CT molecular complexity index is 749. The van der Waals surface area contributed by atoms with Gasteiger partial charge in [0, 0.05) is 16.7 Å². The lowest BCUT2D eigenvalue weighted by atomic mass is 10.0. The number of Topliss-reactive ketones (excluding diaryl/α,β-unsaturated/α-hetero) is 2. The molecule has 0 amide bonds. The number of ether oxygens (including phenoxy) is 2. The van der Waals surface area contributed by atoms with Crippen LogP contribution in [-0.4, -0.2) is 24.6 Å². The summed E-state index contributed by atoms with van der Waals surface area (Å²) in [6, 6.07) is 13.4. The summed E-state index contributed by atoms with van der Waals surface area (Å²) in [6.45, 7) is 1.57. The number of carbonyl (C=O) groups excluding carboxylic acids is 3. The highest BCUT2D eigenvalue weighted by atomic mass is 16.5. The Balaban J connectivity index is 2.18. The smallest absolute Gasteiger partial charge is 0.379 e. The first-order chi connectivity index (χ1) is 11.0. The molecule has 2 rings (SSSR count). The van der Waals surface area contributed by atoms with Crippen molar-refractivity contribution in [2.24, 2.45) is 0 Å². The van der Waals surface area contributed by atoms with Gasteiger partial charge in [-0.2, -0.15) is 0 Å². The second-order valence-electron chi connectivity index (χ2n) is 4.85. The number of benzene rings is 2. The third-order valence-corrected chi connectivity index (χ3v) is 3.27. The van der Waals surface area contributed by atoms with Gasteiger partial charge in [0.1, 0.15) is 12.4 Å². The highest BCUT2D eigenvalue weighted by molar-refractivity contribution is 6.40. The second kappa shape index (κ2) is 7.35. The molecule has 0 spiro atoms. The van der Waals surface area contributed by atoms with E-state index in [1.165, 1.54) is 6.92 Å². The molecule has 5 heteroatoms. The predicted molar refractivity (Wildman–Crippen MR) is 83.6 cm³/mol. The molecule has 118 valence electrons. The standard InChI is InChI=1S/C18H16O5/c1-12(19)13-7-5-8-15(10-13)23-11-14-6-3-4-9-16(14)17(20)18(21)22-2/h3-10H,11H2,1-2H3. The second-order valence-corrected chi connectivity index (χ2v) is 4.85. The van der Waals surface area contributed by atoms with Gasteiger partial charge in [-0.15, -0.1) is 0 Å². The Morgan fingerprint density at radius 3 is 2.43 bits per heavy atom. The van der Waals surface area contributed by atoms with Crippen LogP contribution in [0.2, 0.25) is 0 Å². The molecule has 0 aliphatic rings. The lowest BCUT2D eigenvalue weighted by Gasteiger charge is -2.10. The first kappa shape index (κ1) is 16.4. The van der Waals surface area contributed by atoms with Crippen molar-refractivity contribution < 1.29 is 23.9 Å². The van der Waals surface area contributed by atoms with Crippen molar-refractivity contribution in [3.05, 3.63) is 65.2 Å². The van der Waals surface area contributed by atoms with E-state index in [0.29, 0.717) is 16.9 Å². The molecule has 0 radical (unpaired) electrons. The third kappa shape index (κ3) is 4.03. The van der Waals surface area contributed by atoms with Crippen LogP contribution in [0.4, 0.5) is 0 Å². The van der Waals surface area contributed by atoms with Gasteiger partial charge in [0.25, 0.3) is 5.78 Å². The maximum Gasteiger partial charge on any atom is 0.379 e. The average Bonchev–Trinajstić information content (AvgIpc) is 2.59. The summed E-state index contributed by atoms with van der Waals surface area (Å²) in [4.78, 5) is 34.8. The summed E-state index contributed by atoms with van der Waals surface area (Å²) in [6.07, 6.45) is 0. The molecular formula is C18H16O5. The first-order valence-corrected chi connectivity index (χ1v) is 6.97. The molecule has 2 aromatic rings. The minimum Gasteiger partial charge on any atom is -0.489 e. The van der Waals surface area contributed by atoms with E-state index >= 15 is 0 Å². The van der Waals surface area contributed by atoms with Crippen molar-refractivity contribution in [1.82, 2.24) is 0 Å². The van der Waals surface area contributed by atoms with E-state index in [4.69, 9.17) is 4.74 Å². The summed E-state index contributed by atoms with van der Waals surface area (Å²) < 4.78 is 10.1. The van der Waals surface area contributed by atoms with Gasteiger partial charge in [-0.25, -0.2) is 4.79 Å². The molecule has 0 fully saturated rings. The van der Waals surface area contributed by atoms with Gasteiger partial charge >= 0.3 is 5.97 Å². The highest BCUT2D eigenvalue weighted by Crippen LogP contribution is 2.18. The maximum absolute atomic E-state index is 12.0. The van der Waals surface area contributed by atoms with Crippen LogP contribution >= 0.6 is 0 Å². The van der Waals surface area contributed by atoms with E-state index in [1.807, 2.05) is 0 Å². The monoisotopic (exact) mass is 312 g/mol. The summed E-state index contributed by atoms with van der Waals surface area (Å²) >= 11 is 0. The fraction of sp³-hybridized carbons (Fsp3) is 0.167. The third-order valence-electron chi connectivity index (χ3n) is 3.27. The van der Waals surface area contributed by atoms with Crippen molar-refractivity contribution >= 4 is 17.5 Å². The topological polar surface area (TPSA) is 69.7 Å². The highest BCUT2D eigenvalue weighted by Gasteiger charge is 2.19. The quantitative estimate of drug-likeness (QED) is 0.466.